The summed E-state index contributed by atoms with van der Waals surface area (Å²) in [4.78, 5) is 10.7. The summed E-state index contributed by atoms with van der Waals surface area (Å²) in [6, 6.07) is 7.91. The Labute approximate surface area is 83.1 Å². The Hall–Kier alpha value is -1.51. The number of ether oxygens (including phenoxy) is 1. The fraction of sp³-hybridized carbons (Fsp3) is 0.273. The summed E-state index contributed by atoms with van der Waals surface area (Å²) in [6.45, 7) is 4.03. The van der Waals surface area contributed by atoms with Crippen LogP contribution in [0.4, 0.5) is 0 Å². The van der Waals surface area contributed by atoms with Gasteiger partial charge in [0.15, 0.2) is 0 Å². The minimum Gasteiger partial charge on any atom is -0.494 e. The second-order valence-electron chi connectivity index (χ2n) is 3.24. The van der Waals surface area contributed by atoms with Gasteiger partial charge < -0.3 is 10.1 Å². The first-order chi connectivity index (χ1) is 6.79. The quantitative estimate of drug-likeness (QED) is 0.733. The van der Waals surface area contributed by atoms with Crippen molar-refractivity contribution >= 4 is 5.91 Å². The van der Waals surface area contributed by atoms with Crippen LogP contribution in [0.25, 0.3) is 0 Å². The van der Waals surface area contributed by atoms with E-state index in [0.29, 0.717) is 13.0 Å². The van der Waals surface area contributed by atoms with Crippen LogP contribution >= 0.6 is 0 Å². The van der Waals surface area contributed by atoms with Gasteiger partial charge in [-0.2, -0.15) is 0 Å². The summed E-state index contributed by atoms with van der Waals surface area (Å²) in [5.41, 5.74) is 1.13. The van der Waals surface area contributed by atoms with Gasteiger partial charge in [-0.3, -0.25) is 4.79 Å². The maximum absolute atomic E-state index is 10.7. The lowest BCUT2D eigenvalue weighted by molar-refractivity contribution is -0.128. The molecule has 1 aromatic carbocycles. The first-order valence-electron chi connectivity index (χ1n) is 4.61. The number of carbonyl (C=O) groups is 1. The lowest BCUT2D eigenvalue weighted by Crippen LogP contribution is -2.41. The fourth-order valence-corrected chi connectivity index (χ4v) is 1.47. The van der Waals surface area contributed by atoms with Gasteiger partial charge in [0.2, 0.25) is 5.91 Å². The first kappa shape index (κ1) is 9.06. The SMILES string of the molecule is [CH2]COc1ccc(C2CC(=O)N2)cc1. The topological polar surface area (TPSA) is 38.3 Å². The predicted molar refractivity (Wildman–Crippen MR) is 52.8 cm³/mol. The fourth-order valence-electron chi connectivity index (χ4n) is 1.47. The van der Waals surface area contributed by atoms with Gasteiger partial charge in [-0.15, -0.1) is 0 Å². The predicted octanol–water partition coefficient (Wildman–Crippen LogP) is 1.46. The maximum atomic E-state index is 10.7. The number of nitrogens with one attached hydrogen (secondary N) is 1. The van der Waals surface area contributed by atoms with E-state index in [1.807, 2.05) is 24.3 Å². The van der Waals surface area contributed by atoms with Crippen LogP contribution in [0.15, 0.2) is 24.3 Å². The number of carbonyl (C=O) groups excluding carboxylic acids is 1. The zero-order chi connectivity index (χ0) is 9.97. The monoisotopic (exact) mass is 190 g/mol. The smallest absolute Gasteiger partial charge is 0.222 e. The Morgan fingerprint density at radius 2 is 2.07 bits per heavy atom. The van der Waals surface area contributed by atoms with Gasteiger partial charge in [0.1, 0.15) is 5.75 Å². The molecule has 1 aliphatic heterocycles. The van der Waals surface area contributed by atoms with Crippen molar-refractivity contribution in [2.75, 3.05) is 6.61 Å². The third-order valence-electron chi connectivity index (χ3n) is 2.28. The zero-order valence-electron chi connectivity index (χ0n) is 7.82. The molecule has 2 rings (SSSR count). The van der Waals surface area contributed by atoms with Crippen molar-refractivity contribution in [1.82, 2.24) is 5.32 Å². The van der Waals surface area contributed by atoms with Gasteiger partial charge in [0, 0.05) is 0 Å². The molecule has 3 nitrogen and oxygen atoms in total. The van der Waals surface area contributed by atoms with E-state index < -0.39 is 0 Å². The number of hydrogen-bond donors (Lipinski definition) is 1. The summed E-state index contributed by atoms with van der Waals surface area (Å²) in [7, 11) is 0. The Balaban J connectivity index is 2.03. The van der Waals surface area contributed by atoms with Crippen molar-refractivity contribution in [3.63, 3.8) is 0 Å². The van der Waals surface area contributed by atoms with E-state index >= 15 is 0 Å². The molecule has 1 atom stereocenters. The number of β-lactam (4-membered cyclic amide) rings is 1. The van der Waals surface area contributed by atoms with Gasteiger partial charge in [-0.05, 0) is 24.6 Å². The van der Waals surface area contributed by atoms with E-state index in [9.17, 15) is 4.79 Å². The van der Waals surface area contributed by atoms with E-state index in [2.05, 4.69) is 12.2 Å². The Morgan fingerprint density at radius 3 is 2.57 bits per heavy atom. The second-order valence-corrected chi connectivity index (χ2v) is 3.24. The van der Waals surface area contributed by atoms with Gasteiger partial charge in [-0.25, -0.2) is 0 Å². The molecule has 1 fully saturated rings. The van der Waals surface area contributed by atoms with E-state index in [1.54, 1.807) is 0 Å². The Kier molecular flexibility index (Phi) is 2.39. The molecule has 1 aliphatic rings. The summed E-state index contributed by atoms with van der Waals surface area (Å²) in [6.07, 6.45) is 0.593. The summed E-state index contributed by atoms with van der Waals surface area (Å²) < 4.78 is 5.21. The zero-order valence-corrected chi connectivity index (χ0v) is 7.82. The van der Waals surface area contributed by atoms with Crippen LogP contribution in [0.5, 0.6) is 5.75 Å². The number of rotatable bonds is 3. The van der Waals surface area contributed by atoms with Gasteiger partial charge >= 0.3 is 0 Å². The summed E-state index contributed by atoms with van der Waals surface area (Å²) in [5.74, 6) is 0.933. The minimum absolute atomic E-state index is 0.119. The highest BCUT2D eigenvalue weighted by molar-refractivity contribution is 5.83. The van der Waals surface area contributed by atoms with Crippen LogP contribution in [0.2, 0.25) is 0 Å². The van der Waals surface area contributed by atoms with Crippen LogP contribution in [-0.4, -0.2) is 12.5 Å². The standard InChI is InChI=1S/C11H12NO2/c1-2-14-9-5-3-8(4-6-9)10-7-11(13)12-10/h3-6,10H,1-2,7H2,(H,12,13). The largest absolute Gasteiger partial charge is 0.494 e. The molecule has 1 radical (unpaired) electrons. The molecule has 3 heteroatoms. The van der Waals surface area contributed by atoms with Crippen LogP contribution < -0.4 is 10.1 Å². The highest BCUT2D eigenvalue weighted by Gasteiger charge is 2.26. The Bertz CT molecular complexity index is 324. The number of amides is 1. The molecule has 1 N–H and O–H groups in total. The summed E-state index contributed by atoms with van der Waals surface area (Å²) in [5, 5.41) is 2.82. The molecule has 1 unspecified atom stereocenters. The lowest BCUT2D eigenvalue weighted by atomic mass is 9.97. The average molecular weight is 190 g/mol. The number of benzene rings is 1. The molecule has 0 aliphatic carbocycles. The van der Waals surface area contributed by atoms with E-state index in [-0.39, 0.29) is 11.9 Å². The molecule has 1 saturated heterocycles. The lowest BCUT2D eigenvalue weighted by Gasteiger charge is -2.27. The van der Waals surface area contributed by atoms with Gasteiger partial charge in [0.25, 0.3) is 0 Å². The molecule has 0 bridgehead atoms. The first-order valence-corrected chi connectivity index (χ1v) is 4.61. The van der Waals surface area contributed by atoms with Crippen molar-refractivity contribution in [3.8, 4) is 5.75 Å². The molecule has 0 saturated carbocycles. The van der Waals surface area contributed by atoms with E-state index in [1.165, 1.54) is 0 Å². The van der Waals surface area contributed by atoms with E-state index in [4.69, 9.17) is 4.74 Å². The summed E-state index contributed by atoms with van der Waals surface area (Å²) >= 11 is 0. The minimum atomic E-state index is 0.119. The van der Waals surface area contributed by atoms with Crippen LogP contribution in [0.1, 0.15) is 18.0 Å². The van der Waals surface area contributed by atoms with Gasteiger partial charge in [-0.1, -0.05) is 12.1 Å². The molecular formula is C11H12NO2. The third-order valence-corrected chi connectivity index (χ3v) is 2.28. The van der Waals surface area contributed by atoms with Crippen molar-refractivity contribution in [1.29, 1.82) is 0 Å². The molecule has 1 amide bonds. The van der Waals surface area contributed by atoms with Crippen molar-refractivity contribution in [2.45, 2.75) is 12.5 Å². The second kappa shape index (κ2) is 3.70. The molecule has 1 aromatic rings. The van der Waals surface area contributed by atoms with Crippen LogP contribution in [-0.2, 0) is 4.79 Å². The highest BCUT2D eigenvalue weighted by atomic mass is 16.5. The van der Waals surface area contributed by atoms with Gasteiger partial charge in [0.05, 0.1) is 19.1 Å². The third kappa shape index (κ3) is 1.71. The molecular weight excluding hydrogens is 178 g/mol. The van der Waals surface area contributed by atoms with E-state index in [0.717, 1.165) is 11.3 Å². The molecule has 73 valence electrons. The molecule has 0 spiro atoms. The molecule has 14 heavy (non-hydrogen) atoms. The number of hydrogen-bond acceptors (Lipinski definition) is 2. The van der Waals surface area contributed by atoms with Crippen LogP contribution in [0.3, 0.4) is 0 Å². The normalized spacial score (nSPS) is 19.8. The Morgan fingerprint density at radius 1 is 1.43 bits per heavy atom. The van der Waals surface area contributed by atoms with Crippen molar-refractivity contribution in [3.05, 3.63) is 36.8 Å². The highest BCUT2D eigenvalue weighted by Crippen LogP contribution is 2.25. The average Bonchev–Trinajstić information content (AvgIpc) is 2.15. The maximum Gasteiger partial charge on any atom is 0.222 e. The molecule has 0 aromatic heterocycles. The van der Waals surface area contributed by atoms with Crippen molar-refractivity contribution in [2.24, 2.45) is 0 Å². The molecule has 1 heterocycles. The van der Waals surface area contributed by atoms with Crippen molar-refractivity contribution < 1.29 is 9.53 Å². The van der Waals surface area contributed by atoms with Crippen LogP contribution in [0, 0.1) is 6.92 Å².